The van der Waals surface area contributed by atoms with Crippen molar-refractivity contribution in [2.75, 3.05) is 31.1 Å². The van der Waals surface area contributed by atoms with E-state index in [2.05, 4.69) is 5.16 Å². The molecule has 1 saturated heterocycles. The predicted octanol–water partition coefficient (Wildman–Crippen LogP) is 3.72. The van der Waals surface area contributed by atoms with Crippen LogP contribution in [-0.4, -0.2) is 42.1 Å². The van der Waals surface area contributed by atoms with E-state index in [-0.39, 0.29) is 28.7 Å². The van der Waals surface area contributed by atoms with Crippen LogP contribution in [0.25, 0.3) is 11.3 Å². The summed E-state index contributed by atoms with van der Waals surface area (Å²) < 4.78 is 45.5. The van der Waals surface area contributed by atoms with Gasteiger partial charge >= 0.3 is 0 Å². The smallest absolute Gasteiger partial charge is 0.276 e. The number of benzene rings is 2. The monoisotopic (exact) mass is 387 g/mol. The molecule has 1 aliphatic rings. The van der Waals surface area contributed by atoms with Gasteiger partial charge in [-0.15, -0.1) is 0 Å². The van der Waals surface area contributed by atoms with Crippen molar-refractivity contribution < 1.29 is 22.5 Å². The molecule has 0 bridgehead atoms. The Kier molecular flexibility index (Phi) is 4.77. The van der Waals surface area contributed by atoms with Crippen molar-refractivity contribution >= 4 is 11.6 Å². The van der Waals surface area contributed by atoms with Crippen molar-refractivity contribution in [1.82, 2.24) is 10.1 Å². The molecule has 4 rings (SSSR count). The molecule has 0 N–H and O–H groups in total. The van der Waals surface area contributed by atoms with Gasteiger partial charge in [0.05, 0.1) is 5.69 Å². The van der Waals surface area contributed by atoms with E-state index in [1.807, 2.05) is 4.90 Å². The quantitative estimate of drug-likeness (QED) is 0.687. The van der Waals surface area contributed by atoms with Crippen LogP contribution in [0.15, 0.2) is 53.1 Å². The van der Waals surface area contributed by atoms with Crippen LogP contribution >= 0.6 is 0 Å². The van der Waals surface area contributed by atoms with E-state index in [1.165, 1.54) is 18.2 Å². The number of rotatable bonds is 3. The third-order valence-electron chi connectivity index (χ3n) is 4.69. The number of hydrogen-bond acceptors (Lipinski definition) is 4. The Morgan fingerprint density at radius 2 is 1.64 bits per heavy atom. The molecule has 0 unspecified atom stereocenters. The van der Waals surface area contributed by atoms with Crippen molar-refractivity contribution in [2.45, 2.75) is 0 Å². The zero-order valence-corrected chi connectivity index (χ0v) is 14.7. The van der Waals surface area contributed by atoms with E-state index in [1.54, 1.807) is 23.1 Å². The third kappa shape index (κ3) is 3.45. The first kappa shape index (κ1) is 18.1. The summed E-state index contributed by atoms with van der Waals surface area (Å²) in [6, 6.07) is 11.2. The third-order valence-corrected chi connectivity index (χ3v) is 4.69. The van der Waals surface area contributed by atoms with Gasteiger partial charge in [0, 0.05) is 37.8 Å². The van der Waals surface area contributed by atoms with E-state index in [0.717, 1.165) is 12.1 Å². The maximum absolute atomic E-state index is 13.9. The number of carbonyl (C=O) groups is 1. The van der Waals surface area contributed by atoms with E-state index in [9.17, 15) is 18.0 Å². The lowest BCUT2D eigenvalue weighted by Crippen LogP contribution is -2.49. The zero-order chi connectivity index (χ0) is 19.7. The van der Waals surface area contributed by atoms with Crippen LogP contribution in [0.1, 0.15) is 10.5 Å². The number of piperazine rings is 1. The summed E-state index contributed by atoms with van der Waals surface area (Å²) in [6.45, 7) is 1.78. The fourth-order valence-electron chi connectivity index (χ4n) is 3.18. The Morgan fingerprint density at radius 1 is 0.893 bits per heavy atom. The van der Waals surface area contributed by atoms with Crippen LogP contribution in [0, 0.1) is 17.5 Å². The highest BCUT2D eigenvalue weighted by molar-refractivity contribution is 5.93. The lowest BCUT2D eigenvalue weighted by atomic mass is 10.1. The van der Waals surface area contributed by atoms with Gasteiger partial charge in [0.1, 0.15) is 5.82 Å². The number of hydrogen-bond donors (Lipinski definition) is 0. The molecule has 1 aliphatic heterocycles. The fraction of sp³-hybridized carbons (Fsp3) is 0.200. The van der Waals surface area contributed by atoms with Crippen LogP contribution in [-0.2, 0) is 0 Å². The Labute approximate surface area is 159 Å². The molecule has 5 nitrogen and oxygen atoms in total. The Bertz CT molecular complexity index is 1010. The molecule has 2 heterocycles. The van der Waals surface area contributed by atoms with E-state index >= 15 is 0 Å². The maximum Gasteiger partial charge on any atom is 0.276 e. The lowest BCUT2D eigenvalue weighted by molar-refractivity contribution is 0.0736. The predicted molar refractivity (Wildman–Crippen MR) is 96.4 cm³/mol. The molecule has 0 saturated carbocycles. The van der Waals surface area contributed by atoms with Crippen LogP contribution in [0.3, 0.4) is 0 Å². The van der Waals surface area contributed by atoms with Crippen LogP contribution < -0.4 is 4.90 Å². The number of aromatic nitrogens is 1. The molecule has 1 amide bonds. The number of nitrogens with zero attached hydrogens (tertiary/aromatic N) is 3. The second-order valence-electron chi connectivity index (χ2n) is 6.44. The van der Waals surface area contributed by atoms with E-state index in [4.69, 9.17) is 4.52 Å². The summed E-state index contributed by atoms with van der Waals surface area (Å²) >= 11 is 0. The van der Waals surface area contributed by atoms with Crippen molar-refractivity contribution in [3.8, 4) is 11.3 Å². The first-order valence-electron chi connectivity index (χ1n) is 8.74. The minimum atomic E-state index is -1.01. The van der Waals surface area contributed by atoms with Crippen LogP contribution in [0.2, 0.25) is 0 Å². The second kappa shape index (κ2) is 7.38. The van der Waals surface area contributed by atoms with Gasteiger partial charge in [-0.3, -0.25) is 4.79 Å². The molecule has 2 aromatic carbocycles. The molecule has 0 spiro atoms. The van der Waals surface area contributed by atoms with Gasteiger partial charge in [0.15, 0.2) is 23.1 Å². The van der Waals surface area contributed by atoms with Crippen LogP contribution in [0.4, 0.5) is 18.9 Å². The minimum absolute atomic E-state index is 0.0825. The van der Waals surface area contributed by atoms with Crippen molar-refractivity contribution in [1.29, 1.82) is 0 Å². The van der Waals surface area contributed by atoms with Crippen molar-refractivity contribution in [2.24, 2.45) is 0 Å². The summed E-state index contributed by atoms with van der Waals surface area (Å²) in [5.74, 6) is -2.42. The first-order chi connectivity index (χ1) is 13.5. The highest BCUT2D eigenvalue weighted by Gasteiger charge is 2.26. The molecule has 3 aromatic rings. The molecule has 0 aliphatic carbocycles. The summed E-state index contributed by atoms with van der Waals surface area (Å²) in [6.07, 6.45) is 0. The Hall–Kier alpha value is -3.29. The molecular weight excluding hydrogens is 371 g/mol. The maximum atomic E-state index is 13.9. The highest BCUT2D eigenvalue weighted by atomic mass is 19.2. The van der Waals surface area contributed by atoms with Gasteiger partial charge < -0.3 is 14.3 Å². The number of carbonyl (C=O) groups excluding carboxylic acids is 1. The van der Waals surface area contributed by atoms with Gasteiger partial charge in [-0.2, -0.15) is 0 Å². The minimum Gasteiger partial charge on any atom is -0.366 e. The van der Waals surface area contributed by atoms with Gasteiger partial charge in [-0.1, -0.05) is 17.3 Å². The summed E-state index contributed by atoms with van der Waals surface area (Å²) in [7, 11) is 0. The first-order valence-corrected chi connectivity index (χ1v) is 8.74. The Balaban J connectivity index is 1.44. The molecule has 1 fully saturated rings. The van der Waals surface area contributed by atoms with Crippen molar-refractivity contribution in [3.63, 3.8) is 0 Å². The molecule has 1 aromatic heterocycles. The summed E-state index contributed by atoms with van der Waals surface area (Å²) in [4.78, 5) is 16.1. The van der Waals surface area contributed by atoms with Crippen LogP contribution in [0.5, 0.6) is 0 Å². The number of halogens is 3. The van der Waals surface area contributed by atoms with Gasteiger partial charge in [-0.05, 0) is 30.3 Å². The van der Waals surface area contributed by atoms with Gasteiger partial charge in [0.25, 0.3) is 5.91 Å². The standard InChI is InChI=1S/C20H16F3N3O2/c21-14-6-5-13(11-16(14)23)19-12-17(24-28-19)20(27)26-9-7-25(8-10-26)18-4-2-1-3-15(18)22/h1-6,11-12H,7-10H2. The number of para-hydroxylation sites is 1. The topological polar surface area (TPSA) is 49.6 Å². The van der Waals surface area contributed by atoms with E-state index < -0.39 is 11.6 Å². The Morgan fingerprint density at radius 3 is 2.36 bits per heavy atom. The molecule has 8 heteroatoms. The molecule has 28 heavy (non-hydrogen) atoms. The molecule has 144 valence electrons. The number of anilines is 1. The average molecular weight is 387 g/mol. The summed E-state index contributed by atoms with van der Waals surface area (Å²) in [5, 5.41) is 3.76. The highest BCUT2D eigenvalue weighted by Crippen LogP contribution is 2.24. The fourth-order valence-corrected chi connectivity index (χ4v) is 3.18. The largest absolute Gasteiger partial charge is 0.366 e. The van der Waals surface area contributed by atoms with Gasteiger partial charge in [-0.25, -0.2) is 13.2 Å². The normalized spacial score (nSPS) is 14.4. The average Bonchev–Trinajstić information content (AvgIpc) is 3.20. The lowest BCUT2D eigenvalue weighted by Gasteiger charge is -2.35. The zero-order valence-electron chi connectivity index (χ0n) is 14.7. The molecule has 0 radical (unpaired) electrons. The van der Waals surface area contributed by atoms with Gasteiger partial charge in [0.2, 0.25) is 0 Å². The molecular formula is C20H16F3N3O2. The van der Waals surface area contributed by atoms with E-state index in [0.29, 0.717) is 31.9 Å². The van der Waals surface area contributed by atoms with Crippen molar-refractivity contribution in [3.05, 3.63) is 71.7 Å². The number of amides is 1. The SMILES string of the molecule is O=C(c1cc(-c2ccc(F)c(F)c2)on1)N1CCN(c2ccccc2F)CC1. The molecule has 0 atom stereocenters. The second-order valence-corrected chi connectivity index (χ2v) is 6.44. The summed E-state index contributed by atoms with van der Waals surface area (Å²) in [5.41, 5.74) is 0.880.